The van der Waals surface area contributed by atoms with Crippen LogP contribution in [0.2, 0.25) is 0 Å². The van der Waals surface area contributed by atoms with Gasteiger partial charge in [-0.25, -0.2) is 9.97 Å². The van der Waals surface area contributed by atoms with Crippen LogP contribution in [-0.4, -0.2) is 42.7 Å². The Labute approximate surface area is 152 Å². The van der Waals surface area contributed by atoms with E-state index in [0.29, 0.717) is 28.8 Å². The summed E-state index contributed by atoms with van der Waals surface area (Å²) < 4.78 is 15.9. The summed E-state index contributed by atoms with van der Waals surface area (Å²) in [4.78, 5) is 20.5. The number of aromatic nitrogens is 2. The number of benzene rings is 1. The summed E-state index contributed by atoms with van der Waals surface area (Å²) in [5, 5.41) is 5.94. The van der Waals surface area contributed by atoms with Crippen molar-refractivity contribution in [3.8, 4) is 17.2 Å². The Bertz CT molecular complexity index is 745. The lowest BCUT2D eigenvalue weighted by Crippen LogP contribution is -2.40. The maximum absolute atomic E-state index is 12.1. The summed E-state index contributed by atoms with van der Waals surface area (Å²) in [5.74, 6) is 1.74. The van der Waals surface area contributed by atoms with Crippen molar-refractivity contribution in [1.82, 2.24) is 15.3 Å². The van der Waals surface area contributed by atoms with Gasteiger partial charge in [0.2, 0.25) is 5.75 Å². The molecule has 2 aromatic rings. The zero-order valence-corrected chi connectivity index (χ0v) is 15.8. The van der Waals surface area contributed by atoms with Crippen LogP contribution < -0.4 is 24.8 Å². The fourth-order valence-electron chi connectivity index (χ4n) is 2.22. The number of anilines is 2. The predicted molar refractivity (Wildman–Crippen MR) is 98.6 cm³/mol. The molecule has 1 amide bonds. The number of hydrogen-bond acceptors (Lipinski definition) is 7. The van der Waals surface area contributed by atoms with Gasteiger partial charge in [0.1, 0.15) is 11.5 Å². The normalized spacial score (nSPS) is 10.8. The van der Waals surface area contributed by atoms with Crippen molar-refractivity contribution in [2.75, 3.05) is 26.6 Å². The quantitative estimate of drug-likeness (QED) is 0.818. The molecule has 1 heterocycles. The van der Waals surface area contributed by atoms with Crippen molar-refractivity contribution in [2.24, 2.45) is 0 Å². The van der Waals surface area contributed by atoms with Crippen molar-refractivity contribution >= 4 is 17.4 Å². The molecule has 26 heavy (non-hydrogen) atoms. The number of carbonyl (C=O) groups is 1. The van der Waals surface area contributed by atoms with E-state index in [1.807, 2.05) is 20.8 Å². The fourth-order valence-corrected chi connectivity index (χ4v) is 2.22. The third-order valence-electron chi connectivity index (χ3n) is 3.31. The van der Waals surface area contributed by atoms with Crippen LogP contribution in [0.15, 0.2) is 24.5 Å². The summed E-state index contributed by atoms with van der Waals surface area (Å²) in [6.07, 6.45) is 2.90. The molecule has 0 saturated heterocycles. The van der Waals surface area contributed by atoms with Crippen LogP contribution in [0, 0.1) is 0 Å². The predicted octanol–water partition coefficient (Wildman–Crippen LogP) is 2.77. The maximum Gasteiger partial charge on any atom is 0.271 e. The molecule has 0 aliphatic carbocycles. The van der Waals surface area contributed by atoms with Crippen LogP contribution in [0.3, 0.4) is 0 Å². The Morgan fingerprint density at radius 2 is 1.58 bits per heavy atom. The average molecular weight is 360 g/mol. The highest BCUT2D eigenvalue weighted by Crippen LogP contribution is 2.40. The van der Waals surface area contributed by atoms with Gasteiger partial charge in [-0.2, -0.15) is 0 Å². The monoisotopic (exact) mass is 360 g/mol. The molecule has 1 aromatic carbocycles. The second-order valence-corrected chi connectivity index (χ2v) is 6.53. The number of nitrogens with zero attached hydrogens (tertiary/aromatic N) is 2. The molecular formula is C18H24N4O4. The first-order valence-corrected chi connectivity index (χ1v) is 7.99. The minimum atomic E-state index is -0.341. The van der Waals surface area contributed by atoms with E-state index in [1.54, 1.807) is 33.5 Å². The van der Waals surface area contributed by atoms with Gasteiger partial charge in [-0.3, -0.25) is 4.79 Å². The van der Waals surface area contributed by atoms with Crippen molar-refractivity contribution in [3.05, 3.63) is 30.2 Å². The number of carbonyl (C=O) groups excluding carboxylic acids is 1. The van der Waals surface area contributed by atoms with Crippen LogP contribution in [0.4, 0.5) is 11.5 Å². The molecule has 0 spiro atoms. The molecule has 140 valence electrons. The van der Waals surface area contributed by atoms with Gasteiger partial charge in [-0.05, 0) is 20.8 Å². The Hall–Kier alpha value is -3.03. The number of rotatable bonds is 6. The molecule has 0 saturated carbocycles. The number of amides is 1. The molecule has 0 bridgehead atoms. The molecule has 0 radical (unpaired) electrons. The minimum absolute atomic E-state index is 0.246. The molecule has 1 aromatic heterocycles. The van der Waals surface area contributed by atoms with Crippen molar-refractivity contribution in [3.63, 3.8) is 0 Å². The number of ether oxygens (including phenoxy) is 3. The molecular weight excluding hydrogens is 336 g/mol. The molecule has 0 aliphatic rings. The maximum atomic E-state index is 12.1. The summed E-state index contributed by atoms with van der Waals surface area (Å²) in [6, 6.07) is 3.51. The van der Waals surface area contributed by atoms with Gasteiger partial charge in [-0.1, -0.05) is 0 Å². The first-order valence-electron chi connectivity index (χ1n) is 7.99. The van der Waals surface area contributed by atoms with Crippen LogP contribution in [0.25, 0.3) is 0 Å². The van der Waals surface area contributed by atoms with Crippen LogP contribution in [-0.2, 0) is 0 Å². The Morgan fingerprint density at radius 3 is 2.00 bits per heavy atom. The highest BCUT2D eigenvalue weighted by Gasteiger charge is 2.17. The van der Waals surface area contributed by atoms with Gasteiger partial charge in [-0.15, -0.1) is 0 Å². The van der Waals surface area contributed by atoms with Crippen molar-refractivity contribution in [2.45, 2.75) is 26.3 Å². The summed E-state index contributed by atoms with van der Waals surface area (Å²) >= 11 is 0. The van der Waals surface area contributed by atoms with E-state index in [9.17, 15) is 4.79 Å². The van der Waals surface area contributed by atoms with Crippen LogP contribution in [0.1, 0.15) is 31.3 Å². The molecule has 0 unspecified atom stereocenters. The highest BCUT2D eigenvalue weighted by molar-refractivity contribution is 5.92. The van der Waals surface area contributed by atoms with Crippen LogP contribution >= 0.6 is 0 Å². The second kappa shape index (κ2) is 7.90. The second-order valence-electron chi connectivity index (χ2n) is 6.53. The van der Waals surface area contributed by atoms with Gasteiger partial charge >= 0.3 is 0 Å². The van der Waals surface area contributed by atoms with Crippen molar-refractivity contribution < 1.29 is 19.0 Å². The van der Waals surface area contributed by atoms with Gasteiger partial charge in [0.05, 0.1) is 33.7 Å². The smallest absolute Gasteiger partial charge is 0.271 e. The summed E-state index contributed by atoms with van der Waals surface area (Å²) in [6.45, 7) is 5.70. The Morgan fingerprint density at radius 1 is 0.962 bits per heavy atom. The van der Waals surface area contributed by atoms with E-state index in [2.05, 4.69) is 20.6 Å². The van der Waals surface area contributed by atoms with E-state index in [0.717, 1.165) is 0 Å². The minimum Gasteiger partial charge on any atom is -0.493 e. The van der Waals surface area contributed by atoms with E-state index < -0.39 is 0 Å². The molecule has 2 rings (SSSR count). The largest absolute Gasteiger partial charge is 0.493 e. The zero-order chi connectivity index (χ0) is 19.3. The fraction of sp³-hybridized carbons (Fsp3) is 0.389. The lowest BCUT2D eigenvalue weighted by molar-refractivity contribution is 0.0914. The lowest BCUT2D eigenvalue weighted by atomic mass is 10.1. The first kappa shape index (κ1) is 19.3. The summed E-state index contributed by atoms with van der Waals surface area (Å²) in [7, 11) is 4.63. The zero-order valence-electron chi connectivity index (χ0n) is 15.8. The van der Waals surface area contributed by atoms with Gasteiger partial charge < -0.3 is 24.8 Å². The Balaban J connectivity index is 2.20. The third kappa shape index (κ3) is 4.75. The topological polar surface area (TPSA) is 94.6 Å². The molecule has 8 nitrogen and oxygen atoms in total. The van der Waals surface area contributed by atoms with Gasteiger partial charge in [0.15, 0.2) is 11.5 Å². The molecule has 8 heteroatoms. The molecule has 0 atom stereocenters. The molecule has 0 fully saturated rings. The number of methoxy groups -OCH3 is 3. The number of hydrogen-bond donors (Lipinski definition) is 2. The van der Waals surface area contributed by atoms with E-state index >= 15 is 0 Å². The van der Waals surface area contributed by atoms with Gasteiger partial charge in [0.25, 0.3) is 5.91 Å². The van der Waals surface area contributed by atoms with E-state index in [4.69, 9.17) is 14.2 Å². The SMILES string of the molecule is COc1cc(Nc2cnc(C(=O)NC(C)(C)C)cn2)cc(OC)c1OC. The average Bonchev–Trinajstić information content (AvgIpc) is 2.59. The van der Waals surface area contributed by atoms with E-state index in [1.165, 1.54) is 12.4 Å². The highest BCUT2D eigenvalue weighted by atomic mass is 16.5. The Kier molecular flexibility index (Phi) is 5.86. The van der Waals surface area contributed by atoms with Gasteiger partial charge in [0, 0.05) is 23.4 Å². The lowest BCUT2D eigenvalue weighted by Gasteiger charge is -2.20. The first-order chi connectivity index (χ1) is 12.3. The third-order valence-corrected chi connectivity index (χ3v) is 3.31. The standard InChI is InChI=1S/C18H24N4O4/c1-18(2,3)22-17(23)12-9-20-15(10-19-12)21-11-7-13(24-4)16(26-6)14(8-11)25-5/h7-10H,1-6H3,(H,20,21)(H,22,23). The van der Waals surface area contributed by atoms with Crippen LogP contribution in [0.5, 0.6) is 17.2 Å². The number of nitrogens with one attached hydrogen (secondary N) is 2. The molecule has 0 aliphatic heterocycles. The summed E-state index contributed by atoms with van der Waals surface area (Å²) in [5.41, 5.74) is 0.586. The van der Waals surface area contributed by atoms with Crippen molar-refractivity contribution in [1.29, 1.82) is 0 Å². The molecule has 2 N–H and O–H groups in total. The van der Waals surface area contributed by atoms with E-state index in [-0.39, 0.29) is 17.1 Å².